The Labute approximate surface area is 108 Å². The van der Waals surface area contributed by atoms with Crippen LogP contribution in [-0.4, -0.2) is 14.8 Å². The molecule has 2 aromatic rings. The number of imidazole rings is 1. The lowest BCUT2D eigenvalue weighted by Crippen LogP contribution is -2.21. The minimum absolute atomic E-state index is 0.833. The molecule has 0 bridgehead atoms. The number of fused-ring (bicyclic) bond motifs is 1. The van der Waals surface area contributed by atoms with Crippen LogP contribution in [0, 0.1) is 0 Å². The van der Waals surface area contributed by atoms with Crippen molar-refractivity contribution in [3.63, 3.8) is 0 Å². The molecule has 0 saturated heterocycles. The zero-order valence-electron chi connectivity index (χ0n) is 10.4. The van der Waals surface area contributed by atoms with E-state index in [0.29, 0.717) is 0 Å². The Hall–Kier alpha value is -1.36. The van der Waals surface area contributed by atoms with E-state index >= 15 is 0 Å². The Morgan fingerprint density at radius 1 is 1.12 bits per heavy atom. The summed E-state index contributed by atoms with van der Waals surface area (Å²) in [5, 5.41) is 8.39. The van der Waals surface area contributed by atoms with Gasteiger partial charge in [0.05, 0.1) is 11.0 Å². The van der Waals surface area contributed by atoms with Crippen molar-refractivity contribution < 1.29 is 0 Å². The highest BCUT2D eigenvalue weighted by Gasteiger charge is 2.06. The molecule has 0 N–H and O–H groups in total. The molecule has 90 valence electrons. The van der Waals surface area contributed by atoms with Gasteiger partial charge in [0.2, 0.25) is 5.62 Å². The molecular formula is C12H15BrN4. The zero-order valence-corrected chi connectivity index (χ0v) is 12.0. The van der Waals surface area contributed by atoms with Gasteiger partial charge in [-0.3, -0.25) is 0 Å². The third-order valence-corrected chi connectivity index (χ3v) is 3.09. The Balaban J connectivity index is 2.82. The Kier molecular flexibility index (Phi) is 3.19. The first kappa shape index (κ1) is 12.1. The lowest BCUT2D eigenvalue weighted by atomic mass is 10.3. The first-order valence-electron chi connectivity index (χ1n) is 5.36. The number of halogens is 1. The summed E-state index contributed by atoms with van der Waals surface area (Å²) in [6.45, 7) is 3.87. The maximum Gasteiger partial charge on any atom is 0.230 e. The van der Waals surface area contributed by atoms with Crippen LogP contribution in [0.4, 0.5) is 0 Å². The monoisotopic (exact) mass is 294 g/mol. The number of aromatic nitrogens is 2. The van der Waals surface area contributed by atoms with Gasteiger partial charge in [-0.2, -0.15) is 5.10 Å². The van der Waals surface area contributed by atoms with Gasteiger partial charge in [-0.15, -0.1) is 5.10 Å². The quantitative estimate of drug-likeness (QED) is 0.572. The van der Waals surface area contributed by atoms with E-state index in [1.807, 2.05) is 43.1 Å². The van der Waals surface area contributed by atoms with Crippen molar-refractivity contribution in [1.29, 1.82) is 0 Å². The van der Waals surface area contributed by atoms with Crippen LogP contribution >= 0.6 is 15.9 Å². The highest BCUT2D eigenvalue weighted by atomic mass is 79.9. The lowest BCUT2D eigenvalue weighted by Gasteiger charge is -1.94. The fourth-order valence-electron chi connectivity index (χ4n) is 1.77. The molecule has 0 radical (unpaired) electrons. The third kappa shape index (κ3) is 2.20. The summed E-state index contributed by atoms with van der Waals surface area (Å²) in [6.07, 6.45) is 0. The van der Waals surface area contributed by atoms with Gasteiger partial charge in [0.1, 0.15) is 0 Å². The van der Waals surface area contributed by atoms with Crippen molar-refractivity contribution in [2.45, 2.75) is 13.8 Å². The molecule has 0 aliphatic carbocycles. The molecule has 0 fully saturated rings. The van der Waals surface area contributed by atoms with E-state index in [1.54, 1.807) is 0 Å². The van der Waals surface area contributed by atoms with Crippen molar-refractivity contribution in [3.8, 4) is 0 Å². The van der Waals surface area contributed by atoms with Crippen LogP contribution in [0.2, 0.25) is 0 Å². The van der Waals surface area contributed by atoms with E-state index in [9.17, 15) is 0 Å². The molecule has 1 aromatic carbocycles. The van der Waals surface area contributed by atoms with Gasteiger partial charge < -0.3 is 9.13 Å². The van der Waals surface area contributed by atoms with Crippen molar-refractivity contribution in [3.05, 3.63) is 28.3 Å². The van der Waals surface area contributed by atoms with Crippen LogP contribution in [0.15, 0.2) is 32.9 Å². The van der Waals surface area contributed by atoms with E-state index in [-0.39, 0.29) is 0 Å². The van der Waals surface area contributed by atoms with Gasteiger partial charge in [0.15, 0.2) is 0 Å². The van der Waals surface area contributed by atoms with Gasteiger partial charge in [0.25, 0.3) is 0 Å². The van der Waals surface area contributed by atoms with Crippen molar-refractivity contribution in [2.75, 3.05) is 0 Å². The second-order valence-corrected chi connectivity index (χ2v) is 5.11. The normalized spacial score (nSPS) is 12.2. The fraction of sp³-hybridized carbons (Fsp3) is 0.333. The second-order valence-electron chi connectivity index (χ2n) is 4.20. The van der Waals surface area contributed by atoms with E-state index < -0.39 is 0 Å². The van der Waals surface area contributed by atoms with Gasteiger partial charge in [-0.05, 0) is 32.0 Å². The predicted octanol–water partition coefficient (Wildman–Crippen LogP) is 2.58. The van der Waals surface area contributed by atoms with Crippen LogP contribution in [0.1, 0.15) is 13.8 Å². The highest BCUT2D eigenvalue weighted by Crippen LogP contribution is 2.17. The van der Waals surface area contributed by atoms with Gasteiger partial charge in [0, 0.05) is 24.3 Å². The fourth-order valence-corrected chi connectivity index (χ4v) is 2.12. The molecule has 0 saturated carbocycles. The van der Waals surface area contributed by atoms with Crippen LogP contribution < -0.4 is 5.62 Å². The van der Waals surface area contributed by atoms with E-state index in [0.717, 1.165) is 26.8 Å². The zero-order chi connectivity index (χ0) is 12.6. The molecule has 0 amide bonds. The summed E-state index contributed by atoms with van der Waals surface area (Å²) >= 11 is 3.48. The number of aryl methyl sites for hydroxylation is 2. The topological polar surface area (TPSA) is 34.6 Å². The molecular weight excluding hydrogens is 280 g/mol. The molecule has 1 heterocycles. The molecule has 5 heteroatoms. The summed E-state index contributed by atoms with van der Waals surface area (Å²) in [7, 11) is 3.99. The number of hydrogen-bond donors (Lipinski definition) is 0. The average Bonchev–Trinajstić information content (AvgIpc) is 2.49. The summed E-state index contributed by atoms with van der Waals surface area (Å²) in [5.41, 5.74) is 4.04. The molecule has 0 unspecified atom stereocenters. The molecule has 0 spiro atoms. The van der Waals surface area contributed by atoms with Crippen LogP contribution in [0.25, 0.3) is 11.0 Å². The molecule has 0 atom stereocenters. The van der Waals surface area contributed by atoms with Crippen LogP contribution in [0.3, 0.4) is 0 Å². The summed E-state index contributed by atoms with van der Waals surface area (Å²) < 4.78 is 5.13. The lowest BCUT2D eigenvalue weighted by molar-refractivity contribution is 0.744. The number of hydrogen-bond acceptors (Lipinski definition) is 2. The number of rotatable bonds is 1. The predicted molar refractivity (Wildman–Crippen MR) is 73.9 cm³/mol. The minimum atomic E-state index is 0.833. The first-order valence-corrected chi connectivity index (χ1v) is 6.16. The molecule has 1 aromatic heterocycles. The van der Waals surface area contributed by atoms with Crippen LogP contribution in [0.5, 0.6) is 0 Å². The molecule has 0 aliphatic rings. The van der Waals surface area contributed by atoms with Crippen molar-refractivity contribution in [1.82, 2.24) is 9.13 Å². The summed E-state index contributed by atoms with van der Waals surface area (Å²) in [6, 6.07) is 6.18. The van der Waals surface area contributed by atoms with Crippen molar-refractivity contribution >= 4 is 32.7 Å². The highest BCUT2D eigenvalue weighted by molar-refractivity contribution is 9.10. The van der Waals surface area contributed by atoms with Gasteiger partial charge in [-0.1, -0.05) is 15.9 Å². The molecule has 2 rings (SSSR count). The van der Waals surface area contributed by atoms with Crippen molar-refractivity contribution in [2.24, 2.45) is 24.3 Å². The minimum Gasteiger partial charge on any atom is -0.312 e. The van der Waals surface area contributed by atoms with Gasteiger partial charge in [-0.25, -0.2) is 0 Å². The Morgan fingerprint density at radius 3 is 2.41 bits per heavy atom. The Morgan fingerprint density at radius 2 is 1.76 bits per heavy atom. The second kappa shape index (κ2) is 4.49. The van der Waals surface area contributed by atoms with Crippen LogP contribution in [-0.2, 0) is 14.1 Å². The van der Waals surface area contributed by atoms with E-state index in [4.69, 9.17) is 0 Å². The third-order valence-electron chi connectivity index (χ3n) is 2.60. The molecule has 4 nitrogen and oxygen atoms in total. The number of benzene rings is 1. The first-order chi connectivity index (χ1) is 8.00. The Bertz CT molecular complexity index is 657. The summed E-state index contributed by atoms with van der Waals surface area (Å²) in [4.78, 5) is 0. The van der Waals surface area contributed by atoms with Gasteiger partial charge >= 0.3 is 0 Å². The van der Waals surface area contributed by atoms with E-state index in [2.05, 4.69) is 38.3 Å². The molecule has 17 heavy (non-hydrogen) atoms. The summed E-state index contributed by atoms with van der Waals surface area (Å²) in [5.74, 6) is 0. The maximum absolute atomic E-state index is 4.27. The average molecular weight is 295 g/mol. The largest absolute Gasteiger partial charge is 0.312 e. The smallest absolute Gasteiger partial charge is 0.230 e. The molecule has 0 aliphatic heterocycles. The maximum atomic E-state index is 4.27. The number of nitrogens with zero attached hydrogens (tertiary/aromatic N) is 4. The SMILES string of the molecule is CC(C)=NN=c1n(C)c2ccc(Br)cc2n1C. The standard InChI is InChI=1S/C12H15BrN4/c1-8(2)14-15-12-16(3)10-6-5-9(13)7-11(10)17(12)4/h5-7H,1-4H3. The van der Waals surface area contributed by atoms with E-state index in [1.165, 1.54) is 0 Å².